The summed E-state index contributed by atoms with van der Waals surface area (Å²) in [4.78, 5) is 6.68. The number of alkyl halides is 3. The van der Waals surface area contributed by atoms with Crippen molar-refractivity contribution in [3.05, 3.63) is 29.8 Å². The summed E-state index contributed by atoms with van der Waals surface area (Å²) >= 11 is 0. The van der Waals surface area contributed by atoms with Gasteiger partial charge in [0.25, 0.3) is 0 Å². The van der Waals surface area contributed by atoms with Crippen LogP contribution in [0.25, 0.3) is 0 Å². The average Bonchev–Trinajstić information content (AvgIpc) is 2.57. The number of rotatable bonds is 7. The van der Waals surface area contributed by atoms with Gasteiger partial charge in [0.05, 0.1) is 6.54 Å². The van der Waals surface area contributed by atoms with E-state index in [1.54, 1.807) is 0 Å². The number of likely N-dealkylation sites (tertiary alicyclic amines) is 1. The van der Waals surface area contributed by atoms with Crippen LogP contribution in [0.4, 0.5) is 13.2 Å². The molecule has 0 amide bonds. The van der Waals surface area contributed by atoms with E-state index < -0.39 is 6.36 Å². The molecule has 0 aliphatic carbocycles. The van der Waals surface area contributed by atoms with Crippen molar-refractivity contribution < 1.29 is 17.9 Å². The Morgan fingerprint density at radius 1 is 1.35 bits per heavy atom. The fraction of sp³-hybridized carbons (Fsp3) is 0.611. The molecular weight excluding hydrogens is 345 g/mol. The molecule has 1 heterocycles. The van der Waals surface area contributed by atoms with Gasteiger partial charge >= 0.3 is 6.36 Å². The van der Waals surface area contributed by atoms with Crippen molar-refractivity contribution >= 4 is 5.96 Å². The van der Waals surface area contributed by atoms with E-state index in [-0.39, 0.29) is 5.75 Å². The fourth-order valence-electron chi connectivity index (χ4n) is 3.04. The van der Waals surface area contributed by atoms with Gasteiger partial charge in [-0.05, 0) is 56.0 Å². The van der Waals surface area contributed by atoms with Crippen LogP contribution in [0.3, 0.4) is 0 Å². The lowest BCUT2D eigenvalue weighted by Crippen LogP contribution is -2.38. The maximum Gasteiger partial charge on any atom is 0.573 e. The second-order valence-electron chi connectivity index (χ2n) is 6.72. The number of aliphatic imine (C=N–C) groups is 1. The molecule has 0 aromatic heterocycles. The largest absolute Gasteiger partial charge is 0.573 e. The second kappa shape index (κ2) is 9.66. The average molecular weight is 372 g/mol. The molecule has 0 radical (unpaired) electrons. The standard InChI is InChI=1S/C18H27F3N4O/c1-14-4-2-10-25(13-14)11-3-9-23-17(22)24-12-15-5-7-16(8-6-15)26-18(19,20)21/h5-8,14H,2-4,9-13H2,1H3,(H3,22,23,24). The normalized spacial score (nSPS) is 19.4. The molecule has 1 unspecified atom stereocenters. The summed E-state index contributed by atoms with van der Waals surface area (Å²) in [5.74, 6) is 0.868. The topological polar surface area (TPSA) is 62.9 Å². The number of nitrogens with one attached hydrogen (secondary N) is 1. The highest BCUT2D eigenvalue weighted by atomic mass is 19.4. The van der Waals surface area contributed by atoms with E-state index in [1.807, 2.05) is 0 Å². The molecule has 1 atom stereocenters. The van der Waals surface area contributed by atoms with Gasteiger partial charge in [0.2, 0.25) is 0 Å². The number of nitrogens with two attached hydrogens (primary N) is 1. The highest BCUT2D eigenvalue weighted by Crippen LogP contribution is 2.22. The lowest BCUT2D eigenvalue weighted by atomic mass is 10.0. The number of halogens is 3. The third-order valence-corrected chi connectivity index (χ3v) is 4.29. The molecule has 0 spiro atoms. The zero-order valence-electron chi connectivity index (χ0n) is 15.1. The first-order chi connectivity index (χ1) is 12.3. The first-order valence-corrected chi connectivity index (χ1v) is 8.92. The van der Waals surface area contributed by atoms with Crippen LogP contribution in [0.5, 0.6) is 5.75 Å². The third-order valence-electron chi connectivity index (χ3n) is 4.29. The zero-order valence-corrected chi connectivity index (χ0v) is 15.1. The first kappa shape index (κ1) is 20.4. The first-order valence-electron chi connectivity index (χ1n) is 8.92. The minimum absolute atomic E-state index is 0.247. The predicted octanol–water partition coefficient (Wildman–Crippen LogP) is 3.11. The fourth-order valence-corrected chi connectivity index (χ4v) is 3.04. The summed E-state index contributed by atoms with van der Waals surface area (Å²) in [5.41, 5.74) is 6.58. The molecule has 0 bridgehead atoms. The van der Waals surface area contributed by atoms with Gasteiger partial charge in [-0.1, -0.05) is 19.1 Å². The van der Waals surface area contributed by atoms with Crippen LogP contribution in [0.15, 0.2) is 29.3 Å². The Labute approximate surface area is 152 Å². The van der Waals surface area contributed by atoms with Gasteiger partial charge in [0, 0.05) is 13.1 Å². The maximum absolute atomic E-state index is 12.1. The van der Waals surface area contributed by atoms with E-state index >= 15 is 0 Å². The Kier molecular flexibility index (Phi) is 7.56. The summed E-state index contributed by atoms with van der Waals surface area (Å²) in [5, 5.41) is 3.07. The lowest BCUT2D eigenvalue weighted by molar-refractivity contribution is -0.274. The monoisotopic (exact) mass is 372 g/mol. The van der Waals surface area contributed by atoms with Crippen molar-refractivity contribution in [3.63, 3.8) is 0 Å². The molecule has 1 saturated heterocycles. The molecule has 1 aromatic rings. The Hall–Kier alpha value is -1.96. The number of piperidine rings is 1. The summed E-state index contributed by atoms with van der Waals surface area (Å²) in [6.07, 6.45) is -1.10. The summed E-state index contributed by atoms with van der Waals surface area (Å²) in [6.45, 7) is 6.72. The third kappa shape index (κ3) is 7.95. The molecule has 5 nitrogen and oxygen atoms in total. The van der Waals surface area contributed by atoms with E-state index in [0.717, 1.165) is 37.5 Å². The van der Waals surface area contributed by atoms with Crippen LogP contribution in [0.1, 0.15) is 31.7 Å². The van der Waals surface area contributed by atoms with Crippen LogP contribution < -0.4 is 15.8 Å². The van der Waals surface area contributed by atoms with E-state index in [1.165, 1.54) is 43.7 Å². The minimum Gasteiger partial charge on any atom is -0.406 e. The summed E-state index contributed by atoms with van der Waals surface area (Å²) in [7, 11) is 0. The minimum atomic E-state index is -4.68. The molecule has 1 aromatic carbocycles. The van der Waals surface area contributed by atoms with Gasteiger partial charge in [-0.3, -0.25) is 0 Å². The smallest absolute Gasteiger partial charge is 0.406 e. The predicted molar refractivity (Wildman–Crippen MR) is 95.9 cm³/mol. The number of benzene rings is 1. The van der Waals surface area contributed by atoms with E-state index in [0.29, 0.717) is 12.5 Å². The molecular formula is C18H27F3N4O. The second-order valence-corrected chi connectivity index (χ2v) is 6.72. The molecule has 2 rings (SSSR count). The van der Waals surface area contributed by atoms with Gasteiger partial charge in [0.1, 0.15) is 5.75 Å². The SMILES string of the molecule is CC1CCCN(CCCNC(N)=NCc2ccc(OC(F)(F)F)cc2)C1. The Morgan fingerprint density at radius 2 is 2.08 bits per heavy atom. The summed E-state index contributed by atoms with van der Waals surface area (Å²) < 4.78 is 40.2. The van der Waals surface area contributed by atoms with Gasteiger partial charge in [0.15, 0.2) is 5.96 Å². The molecule has 3 N–H and O–H groups in total. The number of hydrogen-bond acceptors (Lipinski definition) is 3. The van der Waals surface area contributed by atoms with Crippen molar-refractivity contribution in [1.29, 1.82) is 0 Å². The number of nitrogens with zero attached hydrogens (tertiary/aromatic N) is 2. The highest BCUT2D eigenvalue weighted by molar-refractivity contribution is 5.77. The Balaban J connectivity index is 1.66. The van der Waals surface area contributed by atoms with Gasteiger partial charge < -0.3 is 20.7 Å². The van der Waals surface area contributed by atoms with Crippen LogP contribution in [-0.2, 0) is 6.54 Å². The molecule has 8 heteroatoms. The summed E-state index contributed by atoms with van der Waals surface area (Å²) in [6, 6.07) is 5.61. The zero-order chi connectivity index (χ0) is 19.0. The van der Waals surface area contributed by atoms with Crippen LogP contribution in [0, 0.1) is 5.92 Å². The van der Waals surface area contributed by atoms with E-state index in [4.69, 9.17) is 5.73 Å². The van der Waals surface area contributed by atoms with Crippen LogP contribution in [-0.4, -0.2) is 43.4 Å². The number of hydrogen-bond donors (Lipinski definition) is 2. The molecule has 26 heavy (non-hydrogen) atoms. The highest BCUT2D eigenvalue weighted by Gasteiger charge is 2.30. The molecule has 1 aliphatic rings. The van der Waals surface area contributed by atoms with Crippen molar-refractivity contribution in [3.8, 4) is 5.75 Å². The molecule has 1 aliphatic heterocycles. The molecule has 0 saturated carbocycles. The van der Waals surface area contributed by atoms with Gasteiger partial charge in [-0.15, -0.1) is 13.2 Å². The Bertz CT molecular complexity index is 575. The van der Waals surface area contributed by atoms with E-state index in [2.05, 4.69) is 26.9 Å². The van der Waals surface area contributed by atoms with Crippen LogP contribution in [0.2, 0.25) is 0 Å². The van der Waals surface area contributed by atoms with E-state index in [9.17, 15) is 13.2 Å². The van der Waals surface area contributed by atoms with Crippen LogP contribution >= 0.6 is 0 Å². The van der Waals surface area contributed by atoms with Crippen molar-refractivity contribution in [1.82, 2.24) is 10.2 Å². The van der Waals surface area contributed by atoms with Crippen molar-refractivity contribution in [2.45, 2.75) is 39.1 Å². The van der Waals surface area contributed by atoms with Gasteiger partial charge in [-0.2, -0.15) is 0 Å². The molecule has 146 valence electrons. The molecule has 1 fully saturated rings. The maximum atomic E-state index is 12.1. The Morgan fingerprint density at radius 3 is 2.73 bits per heavy atom. The number of ether oxygens (including phenoxy) is 1. The van der Waals surface area contributed by atoms with Gasteiger partial charge in [-0.25, -0.2) is 4.99 Å². The number of guanidine groups is 1. The lowest BCUT2D eigenvalue weighted by Gasteiger charge is -2.30. The van der Waals surface area contributed by atoms with Crippen molar-refractivity contribution in [2.75, 3.05) is 26.2 Å². The van der Waals surface area contributed by atoms with Crippen molar-refractivity contribution in [2.24, 2.45) is 16.6 Å². The quantitative estimate of drug-likeness (QED) is 0.439.